The maximum absolute atomic E-state index is 13.8. The van der Waals surface area contributed by atoms with Gasteiger partial charge >= 0.3 is 0 Å². The minimum atomic E-state index is -0.201. The summed E-state index contributed by atoms with van der Waals surface area (Å²) in [4.78, 5) is 27.6. The van der Waals surface area contributed by atoms with Crippen LogP contribution in [0.2, 0.25) is 0 Å². The standard InChI is InChI=1S/C28H18Br4N2O2/c1-13-9-17(29)25(18(30)10-13)33-21-7-8-22(34-26-19(31)11-14(2)12-20(26)32)24-23(21)27(35)15-5-3-4-6-16(15)28(24)36/h3-12,33-34H,1-2H3. The first-order valence-corrected chi connectivity index (χ1v) is 14.1. The lowest BCUT2D eigenvalue weighted by atomic mass is 9.82. The van der Waals surface area contributed by atoms with Crippen LogP contribution in [0.5, 0.6) is 0 Å². The van der Waals surface area contributed by atoms with Gasteiger partial charge in [0.2, 0.25) is 0 Å². The van der Waals surface area contributed by atoms with E-state index in [0.717, 1.165) is 40.4 Å². The van der Waals surface area contributed by atoms with Crippen LogP contribution in [0.15, 0.2) is 78.6 Å². The van der Waals surface area contributed by atoms with Gasteiger partial charge < -0.3 is 10.6 Å². The molecular weight excluding hydrogens is 716 g/mol. The Balaban J connectivity index is 1.71. The molecule has 5 rings (SSSR count). The SMILES string of the molecule is Cc1cc(Br)c(Nc2ccc(Nc3c(Br)cc(C)cc3Br)c3c2C(=O)c2ccccc2C3=O)c(Br)c1. The Bertz CT molecular complexity index is 1430. The normalized spacial score (nSPS) is 12.3. The Kier molecular flexibility index (Phi) is 6.98. The molecule has 0 atom stereocenters. The molecule has 0 heterocycles. The Morgan fingerprint density at radius 3 is 1.22 bits per heavy atom. The molecule has 0 bridgehead atoms. The molecule has 0 unspecified atom stereocenters. The first kappa shape index (κ1) is 25.4. The van der Waals surface area contributed by atoms with Gasteiger partial charge in [-0.15, -0.1) is 0 Å². The van der Waals surface area contributed by atoms with Crippen molar-refractivity contribution in [1.82, 2.24) is 0 Å². The molecule has 0 saturated heterocycles. The number of fused-ring (bicyclic) bond motifs is 2. The summed E-state index contributed by atoms with van der Waals surface area (Å²) >= 11 is 14.5. The van der Waals surface area contributed by atoms with E-state index in [0.29, 0.717) is 33.6 Å². The highest BCUT2D eigenvalue weighted by Crippen LogP contribution is 2.43. The molecule has 0 saturated carbocycles. The largest absolute Gasteiger partial charge is 0.353 e. The molecule has 0 fully saturated rings. The fourth-order valence-corrected chi connectivity index (χ4v) is 7.57. The van der Waals surface area contributed by atoms with Gasteiger partial charge in [-0.05, 0) is 125 Å². The molecule has 8 heteroatoms. The van der Waals surface area contributed by atoms with Gasteiger partial charge in [-0.3, -0.25) is 9.59 Å². The highest BCUT2D eigenvalue weighted by Gasteiger charge is 2.34. The van der Waals surface area contributed by atoms with Crippen LogP contribution in [0.4, 0.5) is 22.7 Å². The first-order valence-electron chi connectivity index (χ1n) is 11.0. The summed E-state index contributed by atoms with van der Waals surface area (Å²) in [5.74, 6) is -0.402. The molecule has 0 spiro atoms. The second kappa shape index (κ2) is 9.89. The lowest BCUT2D eigenvalue weighted by molar-refractivity contribution is 0.0980. The zero-order valence-corrected chi connectivity index (χ0v) is 25.4. The zero-order chi connectivity index (χ0) is 25.7. The van der Waals surface area contributed by atoms with Crippen LogP contribution in [0.3, 0.4) is 0 Å². The molecule has 0 amide bonds. The molecule has 1 aliphatic rings. The topological polar surface area (TPSA) is 58.2 Å². The predicted molar refractivity (Wildman–Crippen MR) is 159 cm³/mol. The summed E-state index contributed by atoms with van der Waals surface area (Å²) in [5.41, 5.74) is 6.27. The maximum atomic E-state index is 13.8. The van der Waals surface area contributed by atoms with E-state index in [1.165, 1.54) is 0 Å². The first-order chi connectivity index (χ1) is 17.2. The van der Waals surface area contributed by atoms with Crippen molar-refractivity contribution < 1.29 is 9.59 Å². The molecule has 2 N–H and O–H groups in total. The van der Waals surface area contributed by atoms with E-state index >= 15 is 0 Å². The Labute approximate surface area is 242 Å². The van der Waals surface area contributed by atoms with Gasteiger partial charge in [0.1, 0.15) is 0 Å². The summed E-state index contributed by atoms with van der Waals surface area (Å²) in [6.07, 6.45) is 0. The number of carbonyl (C=O) groups is 2. The zero-order valence-electron chi connectivity index (χ0n) is 19.1. The van der Waals surface area contributed by atoms with E-state index in [1.807, 2.05) is 50.2 Å². The van der Waals surface area contributed by atoms with E-state index in [1.54, 1.807) is 24.3 Å². The molecule has 180 valence electrons. The smallest absolute Gasteiger partial charge is 0.196 e. The van der Waals surface area contributed by atoms with Gasteiger partial charge in [-0.25, -0.2) is 0 Å². The van der Waals surface area contributed by atoms with Crippen LogP contribution in [0.25, 0.3) is 0 Å². The third-order valence-electron chi connectivity index (χ3n) is 5.97. The molecule has 1 aliphatic carbocycles. The van der Waals surface area contributed by atoms with Gasteiger partial charge in [-0.1, -0.05) is 24.3 Å². The average Bonchev–Trinajstić information content (AvgIpc) is 2.82. The van der Waals surface area contributed by atoms with Crippen molar-refractivity contribution in [2.45, 2.75) is 13.8 Å². The highest BCUT2D eigenvalue weighted by molar-refractivity contribution is 9.11. The van der Waals surface area contributed by atoms with Crippen molar-refractivity contribution in [2.24, 2.45) is 0 Å². The Morgan fingerprint density at radius 1 is 0.556 bits per heavy atom. The van der Waals surface area contributed by atoms with Gasteiger partial charge in [0.15, 0.2) is 11.6 Å². The quantitative estimate of drug-likeness (QED) is 0.193. The van der Waals surface area contributed by atoms with Crippen molar-refractivity contribution in [3.8, 4) is 0 Å². The number of aryl methyl sites for hydroxylation is 2. The summed E-state index contributed by atoms with van der Waals surface area (Å²) in [7, 11) is 0. The van der Waals surface area contributed by atoms with Crippen LogP contribution in [0.1, 0.15) is 43.0 Å². The molecule has 36 heavy (non-hydrogen) atoms. The van der Waals surface area contributed by atoms with Crippen molar-refractivity contribution in [2.75, 3.05) is 10.6 Å². The molecule has 0 radical (unpaired) electrons. The minimum Gasteiger partial charge on any atom is -0.353 e. The van der Waals surface area contributed by atoms with Crippen LogP contribution in [-0.4, -0.2) is 11.6 Å². The Morgan fingerprint density at radius 2 is 0.889 bits per heavy atom. The number of anilines is 4. The van der Waals surface area contributed by atoms with E-state index in [2.05, 4.69) is 74.4 Å². The monoisotopic (exact) mass is 730 g/mol. The minimum absolute atomic E-state index is 0.201. The summed E-state index contributed by atoms with van der Waals surface area (Å²) < 4.78 is 3.36. The van der Waals surface area contributed by atoms with Gasteiger partial charge in [0, 0.05) is 29.0 Å². The third kappa shape index (κ3) is 4.49. The number of carbonyl (C=O) groups excluding carboxylic acids is 2. The number of benzene rings is 4. The molecule has 4 aromatic rings. The van der Waals surface area contributed by atoms with Crippen LogP contribution in [0, 0.1) is 13.8 Å². The number of hydrogen-bond acceptors (Lipinski definition) is 4. The fourth-order valence-electron chi connectivity index (χ4n) is 4.34. The number of hydrogen-bond donors (Lipinski definition) is 2. The van der Waals surface area contributed by atoms with E-state index in [9.17, 15) is 9.59 Å². The summed E-state index contributed by atoms with van der Waals surface area (Å²) in [6, 6.07) is 18.6. The van der Waals surface area contributed by atoms with Crippen molar-refractivity contribution >= 4 is 98.0 Å². The lowest BCUT2D eigenvalue weighted by Gasteiger charge is -2.25. The van der Waals surface area contributed by atoms with Crippen molar-refractivity contribution in [3.05, 3.63) is 112 Å². The summed E-state index contributed by atoms with van der Waals surface area (Å²) in [6.45, 7) is 4.00. The van der Waals surface area contributed by atoms with Gasteiger partial charge in [0.25, 0.3) is 0 Å². The molecular formula is C28H18Br4N2O2. The van der Waals surface area contributed by atoms with E-state index < -0.39 is 0 Å². The number of halogens is 4. The van der Waals surface area contributed by atoms with Crippen LogP contribution in [-0.2, 0) is 0 Å². The molecule has 0 aliphatic heterocycles. The van der Waals surface area contributed by atoms with E-state index in [4.69, 9.17) is 0 Å². The number of nitrogens with one attached hydrogen (secondary N) is 2. The lowest BCUT2D eigenvalue weighted by Crippen LogP contribution is -2.23. The second-order valence-corrected chi connectivity index (χ2v) is 12.0. The highest BCUT2D eigenvalue weighted by atomic mass is 79.9. The number of ketones is 2. The summed E-state index contributed by atoms with van der Waals surface area (Å²) in [5, 5.41) is 6.77. The molecule has 4 nitrogen and oxygen atoms in total. The Hall–Kier alpha value is -2.26. The second-order valence-electron chi connectivity index (χ2n) is 8.57. The van der Waals surface area contributed by atoms with Gasteiger partial charge in [0.05, 0.1) is 33.9 Å². The fraction of sp³-hybridized carbons (Fsp3) is 0.0714. The van der Waals surface area contributed by atoms with Gasteiger partial charge in [-0.2, -0.15) is 0 Å². The van der Waals surface area contributed by atoms with Crippen molar-refractivity contribution in [1.29, 1.82) is 0 Å². The third-order valence-corrected chi connectivity index (χ3v) is 8.47. The number of rotatable bonds is 4. The van der Waals surface area contributed by atoms with Crippen LogP contribution >= 0.6 is 63.7 Å². The maximum Gasteiger partial charge on any atom is 0.196 e. The molecule has 4 aromatic carbocycles. The van der Waals surface area contributed by atoms with E-state index in [-0.39, 0.29) is 11.6 Å². The van der Waals surface area contributed by atoms with Crippen molar-refractivity contribution in [3.63, 3.8) is 0 Å². The van der Waals surface area contributed by atoms with Crippen LogP contribution < -0.4 is 10.6 Å². The average molecular weight is 734 g/mol. The predicted octanol–water partition coefficient (Wildman–Crippen LogP) is 9.62. The molecule has 0 aromatic heterocycles.